The fourth-order valence-electron chi connectivity index (χ4n) is 1.39. The van der Waals surface area contributed by atoms with Crippen LogP contribution in [-0.2, 0) is 10.8 Å². The Bertz CT molecular complexity index is 286. The highest BCUT2D eigenvalue weighted by Gasteiger charge is 2.56. The molecule has 0 fully saturated rings. The lowest BCUT2D eigenvalue weighted by molar-refractivity contribution is -0.284. The zero-order chi connectivity index (χ0) is 15.6. The van der Waals surface area contributed by atoms with Crippen molar-refractivity contribution in [2.75, 3.05) is 31.2 Å². The van der Waals surface area contributed by atoms with E-state index in [1.165, 1.54) is 0 Å². The molecule has 0 aromatic carbocycles. The third-order valence-electron chi connectivity index (χ3n) is 2.51. The Morgan fingerprint density at radius 2 is 1.50 bits per heavy atom. The van der Waals surface area contributed by atoms with Gasteiger partial charge in [-0.3, -0.25) is 4.21 Å². The quantitative estimate of drug-likeness (QED) is 0.452. The van der Waals surface area contributed by atoms with Crippen LogP contribution in [0.25, 0.3) is 0 Å². The first-order chi connectivity index (χ1) is 9.20. The van der Waals surface area contributed by atoms with E-state index in [0.717, 1.165) is 0 Å². The first kappa shape index (κ1) is 19.7. The lowest BCUT2D eigenvalue weighted by Crippen LogP contribution is -2.36. The SMILES string of the molecule is O=S(CCCNCCCO)CCCC(F)(F)C(F)(F)F. The van der Waals surface area contributed by atoms with Gasteiger partial charge >= 0.3 is 12.1 Å². The first-order valence-electron chi connectivity index (χ1n) is 6.32. The Hall–Kier alpha value is -0.280. The molecule has 0 heterocycles. The molecule has 0 aliphatic heterocycles. The van der Waals surface area contributed by atoms with Crippen LogP contribution < -0.4 is 5.32 Å². The predicted octanol–water partition coefficient (Wildman–Crippen LogP) is 2.08. The molecular weight excluding hydrogens is 305 g/mol. The maximum atomic E-state index is 12.6. The standard InChI is InChI=1S/C11H20F5NO2S/c12-10(13,11(14,15)16)4-1-8-20(19)9-3-6-17-5-2-7-18/h17-18H,1-9H2. The molecular formula is C11H20F5NO2S. The van der Waals surface area contributed by atoms with E-state index in [0.29, 0.717) is 25.9 Å². The van der Waals surface area contributed by atoms with Crippen molar-refractivity contribution in [1.29, 1.82) is 0 Å². The van der Waals surface area contributed by atoms with Gasteiger partial charge in [0, 0.05) is 35.3 Å². The van der Waals surface area contributed by atoms with Crippen LogP contribution in [-0.4, -0.2) is 52.6 Å². The van der Waals surface area contributed by atoms with E-state index in [1.807, 2.05) is 0 Å². The summed E-state index contributed by atoms with van der Waals surface area (Å²) in [6, 6.07) is 0. The second-order valence-corrected chi connectivity index (χ2v) is 6.03. The van der Waals surface area contributed by atoms with Crippen molar-refractivity contribution >= 4 is 10.8 Å². The van der Waals surface area contributed by atoms with Crippen molar-refractivity contribution in [2.45, 2.75) is 37.8 Å². The summed E-state index contributed by atoms with van der Waals surface area (Å²) in [5.74, 6) is -4.59. The molecule has 0 rings (SSSR count). The van der Waals surface area contributed by atoms with Crippen molar-refractivity contribution in [1.82, 2.24) is 5.32 Å². The Morgan fingerprint density at radius 3 is 2.05 bits per heavy atom. The van der Waals surface area contributed by atoms with Gasteiger partial charge in [-0.05, 0) is 32.4 Å². The molecule has 0 saturated carbocycles. The summed E-state index contributed by atoms with van der Waals surface area (Å²) in [5.41, 5.74) is 0. The monoisotopic (exact) mass is 325 g/mol. The Labute approximate surface area is 117 Å². The van der Waals surface area contributed by atoms with E-state index in [-0.39, 0.29) is 18.1 Å². The van der Waals surface area contributed by atoms with Gasteiger partial charge in [-0.1, -0.05) is 0 Å². The van der Waals surface area contributed by atoms with E-state index in [1.54, 1.807) is 0 Å². The zero-order valence-electron chi connectivity index (χ0n) is 11.0. The fraction of sp³-hybridized carbons (Fsp3) is 1.00. The summed E-state index contributed by atoms with van der Waals surface area (Å²) in [6.45, 7) is 1.28. The maximum Gasteiger partial charge on any atom is 0.453 e. The molecule has 122 valence electrons. The summed E-state index contributed by atoms with van der Waals surface area (Å²) >= 11 is 0. The lowest BCUT2D eigenvalue weighted by atomic mass is 10.2. The Kier molecular flexibility index (Phi) is 9.48. The summed E-state index contributed by atoms with van der Waals surface area (Å²) in [5, 5.41) is 11.5. The number of aliphatic hydroxyl groups excluding tert-OH is 1. The molecule has 0 aromatic heterocycles. The van der Waals surface area contributed by atoms with Crippen LogP contribution in [0, 0.1) is 0 Å². The number of hydrogen-bond donors (Lipinski definition) is 2. The summed E-state index contributed by atoms with van der Waals surface area (Å²) in [6.07, 6.45) is -6.12. The molecule has 20 heavy (non-hydrogen) atoms. The maximum absolute atomic E-state index is 12.6. The summed E-state index contributed by atoms with van der Waals surface area (Å²) in [4.78, 5) is 0. The average Bonchev–Trinajstić information content (AvgIpc) is 2.32. The molecule has 0 radical (unpaired) electrons. The van der Waals surface area contributed by atoms with Gasteiger partial charge in [0.2, 0.25) is 0 Å². The van der Waals surface area contributed by atoms with Gasteiger partial charge < -0.3 is 10.4 Å². The first-order valence-corrected chi connectivity index (χ1v) is 7.80. The highest BCUT2D eigenvalue weighted by molar-refractivity contribution is 7.84. The van der Waals surface area contributed by atoms with Gasteiger partial charge in [0.1, 0.15) is 0 Å². The molecule has 0 spiro atoms. The third-order valence-corrected chi connectivity index (χ3v) is 4.00. The average molecular weight is 325 g/mol. The van der Waals surface area contributed by atoms with Gasteiger partial charge in [-0.15, -0.1) is 0 Å². The normalized spacial score (nSPS) is 14.5. The van der Waals surface area contributed by atoms with Crippen molar-refractivity contribution < 1.29 is 31.3 Å². The van der Waals surface area contributed by atoms with Gasteiger partial charge in [-0.2, -0.15) is 22.0 Å². The third kappa shape index (κ3) is 8.80. The van der Waals surface area contributed by atoms with Gasteiger partial charge in [0.15, 0.2) is 0 Å². The Morgan fingerprint density at radius 1 is 0.950 bits per heavy atom. The van der Waals surface area contributed by atoms with E-state index >= 15 is 0 Å². The van der Waals surface area contributed by atoms with E-state index in [4.69, 9.17) is 5.11 Å². The highest BCUT2D eigenvalue weighted by atomic mass is 32.2. The van der Waals surface area contributed by atoms with E-state index < -0.39 is 35.7 Å². The summed E-state index contributed by atoms with van der Waals surface area (Å²) < 4.78 is 72.1. The number of alkyl halides is 5. The molecule has 9 heteroatoms. The lowest BCUT2D eigenvalue weighted by Gasteiger charge is -2.19. The predicted molar refractivity (Wildman–Crippen MR) is 67.3 cm³/mol. The molecule has 0 aromatic rings. The van der Waals surface area contributed by atoms with E-state index in [2.05, 4.69) is 5.32 Å². The molecule has 2 N–H and O–H groups in total. The van der Waals surface area contributed by atoms with Crippen LogP contribution in [0.1, 0.15) is 25.7 Å². The number of nitrogens with one attached hydrogen (secondary N) is 1. The molecule has 0 amide bonds. The zero-order valence-corrected chi connectivity index (χ0v) is 11.8. The molecule has 0 saturated heterocycles. The van der Waals surface area contributed by atoms with Crippen molar-refractivity contribution in [3.05, 3.63) is 0 Å². The highest BCUT2D eigenvalue weighted by Crippen LogP contribution is 2.38. The Balaban J connectivity index is 3.64. The van der Waals surface area contributed by atoms with Crippen molar-refractivity contribution in [3.8, 4) is 0 Å². The molecule has 3 nitrogen and oxygen atoms in total. The number of hydrogen-bond acceptors (Lipinski definition) is 3. The molecule has 1 unspecified atom stereocenters. The molecule has 1 atom stereocenters. The van der Waals surface area contributed by atoms with E-state index in [9.17, 15) is 26.2 Å². The molecule has 0 bridgehead atoms. The largest absolute Gasteiger partial charge is 0.453 e. The minimum atomic E-state index is -5.54. The molecule has 0 aliphatic rings. The number of halogens is 5. The topological polar surface area (TPSA) is 49.3 Å². The van der Waals surface area contributed by atoms with Gasteiger partial charge in [0.05, 0.1) is 0 Å². The van der Waals surface area contributed by atoms with Crippen molar-refractivity contribution in [2.24, 2.45) is 0 Å². The smallest absolute Gasteiger partial charge is 0.396 e. The minimum absolute atomic E-state index is 0.0757. The van der Waals surface area contributed by atoms with Crippen molar-refractivity contribution in [3.63, 3.8) is 0 Å². The van der Waals surface area contributed by atoms with Crippen LogP contribution in [0.5, 0.6) is 0 Å². The minimum Gasteiger partial charge on any atom is -0.396 e. The van der Waals surface area contributed by atoms with Crippen LogP contribution in [0.4, 0.5) is 22.0 Å². The second-order valence-electron chi connectivity index (χ2n) is 4.33. The van der Waals surface area contributed by atoms with Gasteiger partial charge in [-0.25, -0.2) is 0 Å². The van der Waals surface area contributed by atoms with Crippen LogP contribution >= 0.6 is 0 Å². The molecule has 0 aliphatic carbocycles. The number of rotatable bonds is 11. The fourth-order valence-corrected chi connectivity index (χ4v) is 2.52. The van der Waals surface area contributed by atoms with Crippen LogP contribution in [0.2, 0.25) is 0 Å². The number of aliphatic hydroxyl groups is 1. The van der Waals surface area contributed by atoms with Crippen LogP contribution in [0.15, 0.2) is 0 Å². The van der Waals surface area contributed by atoms with Gasteiger partial charge in [0.25, 0.3) is 0 Å². The summed E-state index contributed by atoms with van der Waals surface area (Å²) in [7, 11) is -1.38. The second kappa shape index (κ2) is 9.62. The van der Waals surface area contributed by atoms with Crippen LogP contribution in [0.3, 0.4) is 0 Å².